The van der Waals surface area contributed by atoms with Gasteiger partial charge in [0.2, 0.25) is 5.91 Å². The Morgan fingerprint density at radius 2 is 2.18 bits per heavy atom. The van der Waals surface area contributed by atoms with Crippen LogP contribution in [0.3, 0.4) is 0 Å². The number of carbonyl (C=O) groups excluding carboxylic acids is 1. The number of primary amides is 1. The predicted molar refractivity (Wildman–Crippen MR) is 41.8 cm³/mol. The zero-order valence-corrected chi connectivity index (χ0v) is 6.93. The molecule has 0 aliphatic carbocycles. The van der Waals surface area contributed by atoms with Gasteiger partial charge in [0, 0.05) is 6.54 Å². The smallest absolute Gasteiger partial charge is 0.234 e. The number of nitrogens with two attached hydrogens (primary N) is 1. The minimum absolute atomic E-state index is 0.110. The molecular weight excluding hydrogens is 147 g/mol. The summed E-state index contributed by atoms with van der Waals surface area (Å²) in [4.78, 5) is 10.7. The number of alkyl halides is 1. The molecule has 1 atom stereocenters. The highest BCUT2D eigenvalue weighted by molar-refractivity contribution is 5.80. The molecule has 0 aromatic carbocycles. The molecule has 0 saturated carbocycles. The number of amides is 1. The Morgan fingerprint density at radius 3 is 2.45 bits per heavy atom. The molecule has 0 rings (SSSR count). The van der Waals surface area contributed by atoms with Crippen molar-refractivity contribution in [1.29, 1.82) is 0 Å². The number of nitrogens with one attached hydrogen (secondary N) is 1. The van der Waals surface area contributed by atoms with Crippen molar-refractivity contribution in [3.63, 3.8) is 0 Å². The fourth-order valence-corrected chi connectivity index (χ4v) is 0.875. The maximum atomic E-state index is 11.7. The van der Waals surface area contributed by atoms with Gasteiger partial charge in [0.1, 0.15) is 6.67 Å². The van der Waals surface area contributed by atoms with Crippen molar-refractivity contribution in [2.75, 3.05) is 13.2 Å². The van der Waals surface area contributed by atoms with Gasteiger partial charge in [-0.15, -0.1) is 0 Å². The van der Waals surface area contributed by atoms with E-state index in [-0.39, 0.29) is 12.5 Å². The number of carbonyl (C=O) groups is 1. The normalized spacial score (nSPS) is 13.5. The van der Waals surface area contributed by atoms with E-state index in [1.54, 1.807) is 0 Å². The zero-order chi connectivity index (χ0) is 8.85. The summed E-state index contributed by atoms with van der Waals surface area (Å²) in [6, 6.07) is -0.411. The van der Waals surface area contributed by atoms with Crippen LogP contribution in [0.15, 0.2) is 0 Å². The minimum Gasteiger partial charge on any atom is -0.368 e. The summed E-state index contributed by atoms with van der Waals surface area (Å²) >= 11 is 0. The van der Waals surface area contributed by atoms with E-state index in [0.29, 0.717) is 0 Å². The molecule has 1 unspecified atom stereocenters. The first-order valence-electron chi connectivity index (χ1n) is 3.68. The molecule has 4 heteroatoms. The van der Waals surface area contributed by atoms with Gasteiger partial charge in [-0.3, -0.25) is 4.79 Å². The van der Waals surface area contributed by atoms with Gasteiger partial charge in [0.25, 0.3) is 0 Å². The van der Waals surface area contributed by atoms with Crippen LogP contribution in [0, 0.1) is 5.92 Å². The average molecular weight is 162 g/mol. The predicted octanol–water partition coefficient (Wildman–Crippen LogP) is 0.0554. The molecule has 11 heavy (non-hydrogen) atoms. The van der Waals surface area contributed by atoms with Gasteiger partial charge in [-0.05, 0) is 5.92 Å². The lowest BCUT2D eigenvalue weighted by molar-refractivity contribution is -0.121. The SMILES string of the molecule is CC(C)C(NCCF)C(N)=O. The van der Waals surface area contributed by atoms with Gasteiger partial charge >= 0.3 is 0 Å². The fourth-order valence-electron chi connectivity index (χ4n) is 0.875. The third kappa shape index (κ3) is 3.93. The molecule has 0 spiro atoms. The molecule has 0 saturated heterocycles. The van der Waals surface area contributed by atoms with Gasteiger partial charge in [-0.2, -0.15) is 0 Å². The van der Waals surface area contributed by atoms with E-state index < -0.39 is 18.6 Å². The molecule has 1 amide bonds. The zero-order valence-electron chi connectivity index (χ0n) is 6.93. The second-order valence-corrected chi connectivity index (χ2v) is 2.77. The standard InChI is InChI=1S/C7H15FN2O/c1-5(2)6(7(9)11)10-4-3-8/h5-6,10H,3-4H2,1-2H3,(H2,9,11). The van der Waals surface area contributed by atoms with Gasteiger partial charge in [0.05, 0.1) is 6.04 Å². The molecule has 0 bridgehead atoms. The first-order chi connectivity index (χ1) is 5.09. The van der Waals surface area contributed by atoms with Crippen molar-refractivity contribution in [2.45, 2.75) is 19.9 Å². The Balaban J connectivity index is 3.80. The van der Waals surface area contributed by atoms with Crippen LogP contribution in [0.4, 0.5) is 4.39 Å². The Bertz CT molecular complexity index is 128. The van der Waals surface area contributed by atoms with Crippen LogP contribution >= 0.6 is 0 Å². The van der Waals surface area contributed by atoms with Gasteiger partial charge in [-0.1, -0.05) is 13.8 Å². The Kier molecular flexibility index (Phi) is 4.77. The number of hydrogen-bond donors (Lipinski definition) is 2. The van der Waals surface area contributed by atoms with E-state index in [1.807, 2.05) is 13.8 Å². The summed E-state index contributed by atoms with van der Waals surface area (Å²) in [7, 11) is 0. The van der Waals surface area contributed by atoms with Gasteiger partial charge in [-0.25, -0.2) is 4.39 Å². The number of hydrogen-bond acceptors (Lipinski definition) is 2. The first kappa shape index (κ1) is 10.4. The van der Waals surface area contributed by atoms with Crippen molar-refractivity contribution < 1.29 is 9.18 Å². The summed E-state index contributed by atoms with van der Waals surface area (Å²) in [6.07, 6.45) is 0. The average Bonchev–Trinajstić information content (AvgIpc) is 1.87. The lowest BCUT2D eigenvalue weighted by Gasteiger charge is -2.17. The molecular formula is C7H15FN2O. The van der Waals surface area contributed by atoms with E-state index >= 15 is 0 Å². The summed E-state index contributed by atoms with van der Waals surface area (Å²) in [5.41, 5.74) is 5.05. The Morgan fingerprint density at radius 1 is 1.64 bits per heavy atom. The summed E-state index contributed by atoms with van der Waals surface area (Å²) < 4.78 is 11.7. The largest absolute Gasteiger partial charge is 0.368 e. The molecule has 0 aliphatic heterocycles. The maximum Gasteiger partial charge on any atom is 0.234 e. The third-order valence-corrected chi connectivity index (χ3v) is 1.43. The summed E-state index contributed by atoms with van der Waals surface area (Å²) in [6.45, 7) is 3.43. The number of rotatable bonds is 5. The highest BCUT2D eigenvalue weighted by atomic mass is 19.1. The molecule has 3 nitrogen and oxygen atoms in total. The van der Waals surface area contributed by atoms with Crippen LogP contribution in [0.2, 0.25) is 0 Å². The van der Waals surface area contributed by atoms with Crippen LogP contribution in [0.5, 0.6) is 0 Å². The van der Waals surface area contributed by atoms with E-state index in [4.69, 9.17) is 5.73 Å². The molecule has 0 aliphatic rings. The second-order valence-electron chi connectivity index (χ2n) is 2.77. The summed E-state index contributed by atoms with van der Waals surface area (Å²) in [5, 5.41) is 2.72. The van der Waals surface area contributed by atoms with Crippen LogP contribution in [0.1, 0.15) is 13.8 Å². The molecule has 0 aromatic heterocycles. The van der Waals surface area contributed by atoms with Crippen molar-refractivity contribution >= 4 is 5.91 Å². The Labute approximate surface area is 66.1 Å². The van der Waals surface area contributed by atoms with Crippen molar-refractivity contribution in [2.24, 2.45) is 11.7 Å². The summed E-state index contributed by atoms with van der Waals surface area (Å²) in [5.74, 6) is -0.313. The number of halogens is 1. The van der Waals surface area contributed by atoms with E-state index in [2.05, 4.69) is 5.32 Å². The van der Waals surface area contributed by atoms with E-state index in [0.717, 1.165) is 0 Å². The molecule has 66 valence electrons. The van der Waals surface area contributed by atoms with Crippen LogP contribution in [-0.2, 0) is 4.79 Å². The molecule has 0 radical (unpaired) electrons. The van der Waals surface area contributed by atoms with Crippen molar-refractivity contribution in [3.8, 4) is 0 Å². The van der Waals surface area contributed by atoms with Crippen LogP contribution in [-0.4, -0.2) is 25.2 Å². The topological polar surface area (TPSA) is 55.1 Å². The monoisotopic (exact) mass is 162 g/mol. The second kappa shape index (κ2) is 5.07. The van der Waals surface area contributed by atoms with E-state index in [9.17, 15) is 9.18 Å². The highest BCUT2D eigenvalue weighted by Gasteiger charge is 2.17. The maximum absolute atomic E-state index is 11.7. The van der Waals surface area contributed by atoms with E-state index in [1.165, 1.54) is 0 Å². The fraction of sp³-hybridized carbons (Fsp3) is 0.857. The minimum atomic E-state index is -0.476. The van der Waals surface area contributed by atoms with Crippen LogP contribution < -0.4 is 11.1 Å². The van der Waals surface area contributed by atoms with Crippen molar-refractivity contribution in [3.05, 3.63) is 0 Å². The first-order valence-corrected chi connectivity index (χ1v) is 3.68. The van der Waals surface area contributed by atoms with Crippen molar-refractivity contribution in [1.82, 2.24) is 5.32 Å². The molecule has 3 N–H and O–H groups in total. The van der Waals surface area contributed by atoms with Crippen LogP contribution in [0.25, 0.3) is 0 Å². The van der Waals surface area contributed by atoms with Gasteiger partial charge < -0.3 is 11.1 Å². The molecule has 0 aromatic rings. The van der Waals surface area contributed by atoms with Gasteiger partial charge in [0.15, 0.2) is 0 Å². The third-order valence-electron chi connectivity index (χ3n) is 1.43. The molecule has 0 heterocycles. The Hall–Kier alpha value is -0.640. The molecule has 0 fully saturated rings. The highest BCUT2D eigenvalue weighted by Crippen LogP contribution is 1.99. The lowest BCUT2D eigenvalue weighted by Crippen LogP contribution is -2.45. The quantitative estimate of drug-likeness (QED) is 0.600. The lowest BCUT2D eigenvalue weighted by atomic mass is 10.0.